The topological polar surface area (TPSA) is 248 Å². The van der Waals surface area contributed by atoms with Gasteiger partial charge in [-0.2, -0.15) is 0 Å². The van der Waals surface area contributed by atoms with Crippen LogP contribution in [0.4, 0.5) is 33.8 Å². The molecule has 0 radical (unpaired) electrons. The number of rotatable bonds is 19. The molecule has 572 valence electrons. The first-order valence-electron chi connectivity index (χ1n) is 36.6. The second kappa shape index (κ2) is 39.8. The first-order valence-corrected chi connectivity index (χ1v) is 39.8. The Bertz CT molecular complexity index is 5640. The fourth-order valence-electron chi connectivity index (χ4n) is 11.8. The molecule has 1 aliphatic heterocycles. The summed E-state index contributed by atoms with van der Waals surface area (Å²) >= 11 is 21.7. The molecule has 113 heavy (non-hydrogen) atoms. The molecule has 7 N–H and O–H groups in total. The van der Waals surface area contributed by atoms with Gasteiger partial charge < -0.3 is 60.3 Å². The molecule has 1 saturated heterocycles. The summed E-state index contributed by atoms with van der Waals surface area (Å²) in [7, 11) is -3.71. The molecule has 1 aliphatic rings. The predicted octanol–water partition coefficient (Wildman–Crippen LogP) is 17.9. The van der Waals surface area contributed by atoms with Gasteiger partial charge in [-0.15, -0.1) is 0 Å². The zero-order valence-corrected chi connectivity index (χ0v) is 66.3. The van der Waals surface area contributed by atoms with Crippen molar-refractivity contribution in [2.45, 2.75) is 58.1 Å². The van der Waals surface area contributed by atoms with Gasteiger partial charge in [0.25, 0.3) is 10.0 Å². The van der Waals surface area contributed by atoms with E-state index in [0.717, 1.165) is 116 Å². The third-order valence-corrected chi connectivity index (χ3v) is 20.0. The number of unbranched alkanes of at least 4 members (excludes halogenated alkanes) is 1. The molecule has 1 fully saturated rings. The lowest BCUT2D eigenvalue weighted by molar-refractivity contribution is 0.0923. The Kier molecular flexibility index (Phi) is 28.1. The van der Waals surface area contributed by atoms with E-state index >= 15 is 0 Å². The van der Waals surface area contributed by atoms with E-state index in [2.05, 4.69) is 91.9 Å². The number of pyridine rings is 2. The molecule has 0 saturated carbocycles. The first-order chi connectivity index (χ1) is 55.1. The summed E-state index contributed by atoms with van der Waals surface area (Å²) in [6.07, 6.45) is 5.44. The number of piperazine rings is 1. The maximum atomic E-state index is 12.4. The maximum absolute atomic E-state index is 12.4. The highest BCUT2D eigenvalue weighted by Crippen LogP contribution is 2.31. The monoisotopic (exact) mass is 1590 g/mol. The van der Waals surface area contributed by atoms with Crippen molar-refractivity contribution in [1.82, 2.24) is 58.9 Å². The minimum absolute atomic E-state index is 0.0370. The minimum Gasteiger partial charge on any atom is -0.457 e. The summed E-state index contributed by atoms with van der Waals surface area (Å²) < 4.78 is 42.3. The van der Waals surface area contributed by atoms with E-state index in [4.69, 9.17) is 73.3 Å². The number of para-hydroxylation sites is 7. The second-order valence-electron chi connectivity index (χ2n) is 25.6. The van der Waals surface area contributed by atoms with Gasteiger partial charge in [0, 0.05) is 68.7 Å². The first kappa shape index (κ1) is 79.9. The van der Waals surface area contributed by atoms with Crippen molar-refractivity contribution in [1.29, 1.82) is 0 Å². The maximum Gasteiger partial charge on any atom is 0.409 e. The van der Waals surface area contributed by atoms with Gasteiger partial charge >= 0.3 is 6.09 Å². The number of hydrogen-bond donors (Lipinski definition) is 7. The van der Waals surface area contributed by atoms with Crippen LogP contribution in [0.2, 0.25) is 0 Å². The summed E-state index contributed by atoms with van der Waals surface area (Å²) in [4.78, 5) is 44.0. The number of carbonyl (C=O) groups is 1. The van der Waals surface area contributed by atoms with Crippen LogP contribution >= 0.6 is 48.9 Å². The number of hydrogen-bond acceptors (Lipinski definition) is 15. The Morgan fingerprint density at radius 3 is 1.55 bits per heavy atom. The summed E-state index contributed by atoms with van der Waals surface area (Å²) in [5, 5.41) is 20.8. The van der Waals surface area contributed by atoms with Gasteiger partial charge in [0.2, 0.25) is 11.9 Å². The molecule has 9 aromatic carbocycles. The minimum atomic E-state index is -3.71. The number of aromatic nitrogens is 8. The highest BCUT2D eigenvalue weighted by atomic mass is 32.2. The van der Waals surface area contributed by atoms with Crippen LogP contribution in [0.3, 0.4) is 0 Å². The van der Waals surface area contributed by atoms with Crippen LogP contribution in [0.15, 0.2) is 290 Å². The van der Waals surface area contributed by atoms with Crippen LogP contribution in [0, 0.1) is 6.92 Å². The van der Waals surface area contributed by atoms with Crippen molar-refractivity contribution in [3.8, 4) is 34.3 Å². The lowest BCUT2D eigenvalue weighted by Gasteiger charge is -2.35. The number of imidazole rings is 2. The molecule has 0 spiro atoms. The summed E-state index contributed by atoms with van der Waals surface area (Å²) in [5.74, 6) is 2.95. The molecule has 0 bridgehead atoms. The Morgan fingerprint density at radius 2 is 0.973 bits per heavy atom. The van der Waals surface area contributed by atoms with Gasteiger partial charge in [-0.05, 0) is 208 Å². The smallest absolute Gasteiger partial charge is 0.409 e. The summed E-state index contributed by atoms with van der Waals surface area (Å²) in [6, 6.07) is 87.1. The van der Waals surface area contributed by atoms with Crippen molar-refractivity contribution in [3.05, 3.63) is 302 Å². The van der Waals surface area contributed by atoms with Crippen molar-refractivity contribution >= 4 is 147 Å². The molecule has 0 aliphatic carbocycles. The van der Waals surface area contributed by atoms with Gasteiger partial charge in [-0.3, -0.25) is 14.7 Å². The van der Waals surface area contributed by atoms with Gasteiger partial charge in [0.1, 0.15) is 22.9 Å². The average Bonchev–Trinajstić information content (AvgIpc) is 1.48. The molecule has 1 amide bonds. The highest BCUT2D eigenvalue weighted by Gasteiger charge is 2.25. The summed E-state index contributed by atoms with van der Waals surface area (Å²) in [6.45, 7) is 10.7. The molecule has 5 aromatic heterocycles. The Hall–Kier alpha value is -12.7. The lowest BCUT2D eigenvalue weighted by Crippen LogP contribution is -2.51. The van der Waals surface area contributed by atoms with Crippen molar-refractivity contribution in [3.63, 3.8) is 0 Å². The number of anilines is 5. The van der Waals surface area contributed by atoms with Crippen LogP contribution < -0.4 is 41.4 Å². The number of benzene rings is 9. The van der Waals surface area contributed by atoms with E-state index in [9.17, 15) is 13.2 Å². The standard InChI is InChI=1S/C26H25N7O2S.C21H18N4S.C21H20N2O3S2.C18H20N4S/c1-2-35-26(34)33-15-13-32(14-16-33)25(36)29-18-9-10-19-22(17-18)31-24(21-8-4-6-12-28-21)23(30-19)20-7-3-5-11-27-20;26-21(22-17-11-5-2-6-12-17)24-20-23-18-13-7-8-14-19(18)25(20)15-16-9-3-1-4-10-16;1-16-10-12-20(13-11-16)28(24,25)23-21(27)22-15-17-6-5-9-19(14-17)26-18-7-3-2-4-8-18;1-2-3-13-22-16-12-8-7-11-15(16)20-17(22)21-18(23)19-14-9-5-4-6-10-14/h3-12,17H,2,13-16H2,1H3,(H,29,36);1-14H,15H2,(H2,22,23,24,26);2-14H,15H2,1H3,(H2,22,23,27);4-12H,2-3,13H2,1H3,(H2,19,20,21,23). The molecule has 0 atom stereocenters. The van der Waals surface area contributed by atoms with Crippen LogP contribution in [0.25, 0.3) is 55.9 Å². The third kappa shape index (κ3) is 22.8. The second-order valence-corrected chi connectivity index (χ2v) is 28.9. The third-order valence-electron chi connectivity index (χ3n) is 17.5. The van der Waals surface area contributed by atoms with Crippen molar-refractivity contribution in [2.24, 2.45) is 0 Å². The number of sulfonamides is 1. The fourth-order valence-corrected chi connectivity index (χ4v) is 13.9. The van der Waals surface area contributed by atoms with Crippen LogP contribution in [-0.2, 0) is 34.4 Å². The van der Waals surface area contributed by atoms with Crippen LogP contribution in [0.5, 0.6) is 11.5 Å². The number of amides is 1. The van der Waals surface area contributed by atoms with Gasteiger partial charge in [0.05, 0.1) is 62.5 Å². The van der Waals surface area contributed by atoms with E-state index < -0.39 is 10.0 Å². The number of carbonyl (C=O) groups excluding carboxylic acids is 1. The predicted molar refractivity (Wildman–Crippen MR) is 469 cm³/mol. The number of fused-ring (bicyclic) bond motifs is 3. The number of aryl methyl sites for hydroxylation is 2. The molecule has 15 rings (SSSR count). The number of ether oxygens (including phenoxy) is 2. The zero-order valence-electron chi connectivity index (χ0n) is 62.3. The molecule has 22 nitrogen and oxygen atoms in total. The van der Waals surface area contributed by atoms with Crippen LogP contribution in [-0.4, -0.2) is 117 Å². The summed E-state index contributed by atoms with van der Waals surface area (Å²) in [5.41, 5.74) is 14.2. The Morgan fingerprint density at radius 1 is 0.460 bits per heavy atom. The average molecular weight is 1600 g/mol. The SMILES string of the molecule is CCCCn1c(NC(=S)Nc2ccccc2)nc2ccccc21.CCOC(=O)N1CCN(C(=S)Nc2ccc3nc(-c4ccccn4)c(-c4ccccn4)nc3c2)CC1.Cc1ccc(S(=O)(=O)NC(=S)NCc2cccc(Oc3ccccc3)c2)cc1.S=C(Nc1ccccc1)Nc1nc2ccccc2n1Cc1ccccc1. The lowest BCUT2D eigenvalue weighted by atomic mass is 10.1. The Balaban J connectivity index is 0.000000142. The van der Waals surface area contributed by atoms with Gasteiger partial charge in [-0.25, -0.2) is 33.1 Å². The molecule has 14 aromatic rings. The van der Waals surface area contributed by atoms with E-state index in [-0.39, 0.29) is 16.1 Å². The van der Waals surface area contributed by atoms with E-state index in [1.807, 2.05) is 236 Å². The Labute approximate surface area is 678 Å². The normalized spacial score (nSPS) is 11.6. The highest BCUT2D eigenvalue weighted by molar-refractivity contribution is 7.91. The number of thiocarbonyl (C=S) groups is 4. The largest absolute Gasteiger partial charge is 0.457 e. The number of nitrogens with zero attached hydrogens (tertiary/aromatic N) is 10. The van der Waals surface area contributed by atoms with E-state index in [1.165, 1.54) is 5.56 Å². The van der Waals surface area contributed by atoms with E-state index in [1.54, 1.807) is 48.5 Å². The molecule has 6 heterocycles. The number of nitrogens with one attached hydrogen (secondary N) is 7. The zero-order chi connectivity index (χ0) is 78.7. The van der Waals surface area contributed by atoms with Crippen molar-refractivity contribution < 1.29 is 22.7 Å². The fraction of sp³-hybridized carbons (Fsp3) is 0.151. The van der Waals surface area contributed by atoms with Gasteiger partial charge in [0.15, 0.2) is 20.4 Å². The van der Waals surface area contributed by atoms with Gasteiger partial charge in [-0.1, -0.05) is 165 Å². The quantitative estimate of drug-likeness (QED) is 0.0372. The molecular formula is C86H83N17O5S5. The molecular weight excluding hydrogens is 1510 g/mol. The van der Waals surface area contributed by atoms with Crippen LogP contribution in [0.1, 0.15) is 43.4 Å². The van der Waals surface area contributed by atoms with E-state index in [0.29, 0.717) is 71.8 Å². The molecule has 27 heteroatoms. The molecule has 0 unspecified atom stereocenters. The van der Waals surface area contributed by atoms with Crippen molar-refractivity contribution in [2.75, 3.05) is 59.4 Å².